The van der Waals surface area contributed by atoms with E-state index >= 15 is 0 Å². The smallest absolute Gasteiger partial charge is 0.299 e. The first-order valence-corrected chi connectivity index (χ1v) is 6.47. The van der Waals surface area contributed by atoms with E-state index in [0.717, 1.165) is 12.8 Å². The van der Waals surface area contributed by atoms with Crippen LogP contribution >= 0.6 is 11.6 Å². The van der Waals surface area contributed by atoms with E-state index in [1.165, 1.54) is 4.90 Å². The summed E-state index contributed by atoms with van der Waals surface area (Å²) in [5.41, 5.74) is 0.850. The molecule has 1 aromatic rings. The molecule has 3 rings (SSSR count). The predicted octanol–water partition coefficient (Wildman–Crippen LogP) is 2.56. The summed E-state index contributed by atoms with van der Waals surface area (Å²) < 4.78 is 0. The minimum absolute atomic E-state index is 0.130. The van der Waals surface area contributed by atoms with Gasteiger partial charge in [-0.15, -0.1) is 0 Å². The van der Waals surface area contributed by atoms with Crippen LogP contribution in [0.15, 0.2) is 18.2 Å². The lowest BCUT2D eigenvalue weighted by atomic mass is 10.0. The van der Waals surface area contributed by atoms with Gasteiger partial charge >= 0.3 is 0 Å². The SMILES string of the molecule is N#CCC1(CN2C(=O)C(=O)c3ccc(Cl)cc32)CC1. The van der Waals surface area contributed by atoms with Crippen molar-refractivity contribution in [2.24, 2.45) is 5.41 Å². The molecule has 1 amide bonds. The zero-order valence-corrected chi connectivity index (χ0v) is 10.9. The molecule has 1 fully saturated rings. The second-order valence-electron chi connectivity index (χ2n) is 5.22. The van der Waals surface area contributed by atoms with E-state index in [2.05, 4.69) is 6.07 Å². The Hall–Kier alpha value is -1.86. The summed E-state index contributed by atoms with van der Waals surface area (Å²) in [5.74, 6) is -0.999. The largest absolute Gasteiger partial charge is 0.304 e. The van der Waals surface area contributed by atoms with E-state index in [-0.39, 0.29) is 5.41 Å². The molecule has 1 aromatic carbocycles. The molecule has 0 aromatic heterocycles. The molecule has 96 valence electrons. The number of nitriles is 1. The minimum atomic E-state index is -0.513. The monoisotopic (exact) mass is 274 g/mol. The van der Waals surface area contributed by atoms with Gasteiger partial charge in [-0.05, 0) is 31.0 Å². The number of halogens is 1. The third-order valence-electron chi connectivity index (χ3n) is 3.84. The first kappa shape index (κ1) is 12.2. The van der Waals surface area contributed by atoms with Crippen molar-refractivity contribution in [3.05, 3.63) is 28.8 Å². The Labute approximate surface area is 115 Å². The summed E-state index contributed by atoms with van der Waals surface area (Å²) in [6.45, 7) is 0.429. The van der Waals surface area contributed by atoms with Crippen molar-refractivity contribution in [3.63, 3.8) is 0 Å². The summed E-state index contributed by atoms with van der Waals surface area (Å²) in [5, 5.41) is 9.33. The molecule has 0 unspecified atom stereocenters. The third kappa shape index (κ3) is 1.91. The summed E-state index contributed by atoms with van der Waals surface area (Å²) in [7, 11) is 0. The fourth-order valence-corrected chi connectivity index (χ4v) is 2.66. The van der Waals surface area contributed by atoms with Crippen LogP contribution < -0.4 is 4.90 Å². The van der Waals surface area contributed by atoms with E-state index in [0.29, 0.717) is 29.2 Å². The van der Waals surface area contributed by atoms with Crippen LogP contribution in [0, 0.1) is 16.7 Å². The van der Waals surface area contributed by atoms with Crippen molar-refractivity contribution in [3.8, 4) is 6.07 Å². The topological polar surface area (TPSA) is 61.2 Å². The number of anilines is 1. The fraction of sp³-hybridized carbons (Fsp3) is 0.357. The van der Waals surface area contributed by atoms with Gasteiger partial charge in [-0.1, -0.05) is 11.6 Å². The van der Waals surface area contributed by atoms with Crippen molar-refractivity contribution in [2.45, 2.75) is 19.3 Å². The molecule has 1 heterocycles. The maximum atomic E-state index is 12.0. The highest BCUT2D eigenvalue weighted by molar-refractivity contribution is 6.52. The zero-order valence-electron chi connectivity index (χ0n) is 10.1. The average molecular weight is 275 g/mol. The fourth-order valence-electron chi connectivity index (χ4n) is 2.49. The summed E-state index contributed by atoms with van der Waals surface area (Å²) in [4.78, 5) is 25.4. The van der Waals surface area contributed by atoms with E-state index in [4.69, 9.17) is 16.9 Å². The van der Waals surface area contributed by atoms with Gasteiger partial charge in [0.2, 0.25) is 0 Å². The van der Waals surface area contributed by atoms with Gasteiger partial charge in [0.1, 0.15) is 0 Å². The number of hydrogen-bond donors (Lipinski definition) is 0. The van der Waals surface area contributed by atoms with Crippen molar-refractivity contribution in [2.75, 3.05) is 11.4 Å². The van der Waals surface area contributed by atoms with Crippen molar-refractivity contribution >= 4 is 29.0 Å². The molecule has 0 N–H and O–H groups in total. The molecule has 2 aliphatic rings. The normalized spacial score (nSPS) is 19.3. The van der Waals surface area contributed by atoms with Gasteiger partial charge in [0.15, 0.2) is 0 Å². The van der Waals surface area contributed by atoms with Gasteiger partial charge in [0, 0.05) is 23.4 Å². The van der Waals surface area contributed by atoms with Crippen molar-refractivity contribution in [1.82, 2.24) is 0 Å². The van der Waals surface area contributed by atoms with Crippen LogP contribution in [-0.4, -0.2) is 18.2 Å². The highest BCUT2D eigenvalue weighted by Crippen LogP contribution is 2.50. The first-order valence-electron chi connectivity index (χ1n) is 6.09. The highest BCUT2D eigenvalue weighted by atomic mass is 35.5. The standard InChI is InChI=1S/C14H11ClN2O2/c15-9-1-2-10-11(7-9)17(13(19)12(10)18)8-14(3-4-14)5-6-16/h1-2,7H,3-5,8H2. The van der Waals surface area contributed by atoms with Crippen LogP contribution in [0.1, 0.15) is 29.6 Å². The lowest BCUT2D eigenvalue weighted by Gasteiger charge is -2.21. The van der Waals surface area contributed by atoms with Gasteiger partial charge < -0.3 is 4.90 Å². The Balaban J connectivity index is 1.95. The Morgan fingerprint density at radius 1 is 1.37 bits per heavy atom. The lowest BCUT2D eigenvalue weighted by molar-refractivity contribution is -0.114. The number of Topliss-reactive ketones (excluding diaryl/α,β-unsaturated/α-hetero) is 1. The molecule has 0 radical (unpaired) electrons. The molecule has 1 saturated carbocycles. The molecule has 0 saturated heterocycles. The average Bonchev–Trinajstić information content (AvgIpc) is 3.10. The summed E-state index contributed by atoms with van der Waals surface area (Å²) in [6.07, 6.45) is 2.27. The molecule has 0 atom stereocenters. The van der Waals surface area contributed by atoms with Crippen LogP contribution in [0.4, 0.5) is 5.69 Å². The summed E-state index contributed by atoms with van der Waals surface area (Å²) in [6, 6.07) is 6.99. The second kappa shape index (κ2) is 4.07. The number of ketones is 1. The first-order chi connectivity index (χ1) is 9.06. The van der Waals surface area contributed by atoms with Crippen LogP contribution in [-0.2, 0) is 4.79 Å². The summed E-state index contributed by atoms with van der Waals surface area (Å²) >= 11 is 5.93. The quantitative estimate of drug-likeness (QED) is 0.796. The minimum Gasteiger partial charge on any atom is -0.304 e. The van der Waals surface area contributed by atoms with E-state index < -0.39 is 11.7 Å². The second-order valence-corrected chi connectivity index (χ2v) is 5.65. The maximum absolute atomic E-state index is 12.0. The number of nitrogens with zero attached hydrogens (tertiary/aromatic N) is 2. The molecule has 19 heavy (non-hydrogen) atoms. The molecule has 0 bridgehead atoms. The molecule has 1 aliphatic heterocycles. The zero-order chi connectivity index (χ0) is 13.6. The number of fused-ring (bicyclic) bond motifs is 1. The molecular weight excluding hydrogens is 264 g/mol. The maximum Gasteiger partial charge on any atom is 0.299 e. The van der Waals surface area contributed by atoms with Crippen LogP contribution in [0.25, 0.3) is 0 Å². The number of amides is 1. The van der Waals surface area contributed by atoms with Gasteiger partial charge in [0.25, 0.3) is 11.7 Å². The predicted molar refractivity (Wildman–Crippen MR) is 70.0 cm³/mol. The Morgan fingerprint density at radius 2 is 2.11 bits per heavy atom. The molecule has 4 nitrogen and oxygen atoms in total. The highest BCUT2D eigenvalue weighted by Gasteiger charge is 2.48. The number of hydrogen-bond acceptors (Lipinski definition) is 3. The van der Waals surface area contributed by atoms with Crippen LogP contribution in [0.2, 0.25) is 5.02 Å². The Bertz CT molecular complexity index is 629. The van der Waals surface area contributed by atoms with E-state index in [9.17, 15) is 9.59 Å². The van der Waals surface area contributed by atoms with Gasteiger partial charge in [0.05, 0.1) is 17.3 Å². The molecule has 1 aliphatic carbocycles. The van der Waals surface area contributed by atoms with E-state index in [1.54, 1.807) is 18.2 Å². The van der Waals surface area contributed by atoms with E-state index in [1.807, 2.05) is 0 Å². The molecule has 5 heteroatoms. The van der Waals surface area contributed by atoms with Gasteiger partial charge in [-0.2, -0.15) is 5.26 Å². The number of carbonyl (C=O) groups excluding carboxylic acids is 2. The van der Waals surface area contributed by atoms with Crippen molar-refractivity contribution in [1.29, 1.82) is 5.26 Å². The van der Waals surface area contributed by atoms with Crippen LogP contribution in [0.5, 0.6) is 0 Å². The van der Waals surface area contributed by atoms with Crippen LogP contribution in [0.3, 0.4) is 0 Å². The Morgan fingerprint density at radius 3 is 2.74 bits per heavy atom. The van der Waals surface area contributed by atoms with Crippen molar-refractivity contribution < 1.29 is 9.59 Å². The number of rotatable bonds is 3. The number of benzene rings is 1. The Kier molecular flexibility index (Phi) is 2.61. The number of carbonyl (C=O) groups is 2. The third-order valence-corrected chi connectivity index (χ3v) is 4.07. The molecule has 0 spiro atoms. The molecular formula is C14H11ClN2O2. The lowest BCUT2D eigenvalue weighted by Crippen LogP contribution is -2.35. The van der Waals surface area contributed by atoms with Gasteiger partial charge in [-0.25, -0.2) is 0 Å². The van der Waals surface area contributed by atoms with Gasteiger partial charge in [-0.3, -0.25) is 9.59 Å².